The van der Waals surface area contributed by atoms with Crippen LogP contribution >= 0.6 is 0 Å². The molecule has 2 aromatic carbocycles. The Morgan fingerprint density at radius 3 is 2.42 bits per heavy atom. The van der Waals surface area contributed by atoms with Crippen LogP contribution in [0.3, 0.4) is 0 Å². The van der Waals surface area contributed by atoms with Crippen LogP contribution in [0.4, 0.5) is 13.2 Å². The number of halogens is 3. The first-order valence-corrected chi connectivity index (χ1v) is 12.9. The lowest BCUT2D eigenvalue weighted by Gasteiger charge is -2.43. The van der Waals surface area contributed by atoms with Crippen molar-refractivity contribution in [2.75, 3.05) is 7.11 Å². The molecule has 0 bridgehead atoms. The maximum absolute atomic E-state index is 14.3. The van der Waals surface area contributed by atoms with Crippen LogP contribution < -0.4 is 4.74 Å². The van der Waals surface area contributed by atoms with Crippen LogP contribution in [0.2, 0.25) is 0 Å². The molecule has 2 atom stereocenters. The highest BCUT2D eigenvalue weighted by Crippen LogP contribution is 2.51. The summed E-state index contributed by atoms with van der Waals surface area (Å²) in [5, 5.41) is 3.42. The number of methoxy groups -OCH3 is 1. The number of fused-ring (bicyclic) bond motifs is 2. The molecule has 188 valence electrons. The number of Topliss-reactive ketones (excluding diaryl/α,β-unsaturated/α-hetero) is 1. The monoisotopic (exact) mass is 516 g/mol. The van der Waals surface area contributed by atoms with Gasteiger partial charge < -0.3 is 4.74 Å². The first kappa shape index (κ1) is 24.3. The number of allylic oxidation sites excluding steroid dienone is 1. The largest absolute Gasteiger partial charge is 0.491 e. The number of sulfone groups is 1. The predicted octanol–water partition coefficient (Wildman–Crippen LogP) is 4.84. The minimum absolute atomic E-state index is 0.00701. The summed E-state index contributed by atoms with van der Waals surface area (Å²) in [5.41, 5.74) is 1.91. The van der Waals surface area contributed by atoms with Crippen LogP contribution in [0, 0.1) is 22.9 Å². The summed E-state index contributed by atoms with van der Waals surface area (Å²) in [6, 6.07) is 7.39. The third kappa shape index (κ3) is 3.75. The van der Waals surface area contributed by atoms with Crippen molar-refractivity contribution in [1.29, 1.82) is 0 Å². The highest BCUT2D eigenvalue weighted by molar-refractivity contribution is 7.92. The molecule has 1 heterocycles. The van der Waals surface area contributed by atoms with Gasteiger partial charge in [0, 0.05) is 0 Å². The Bertz CT molecular complexity index is 1490. The van der Waals surface area contributed by atoms with Gasteiger partial charge in [0.1, 0.15) is 11.6 Å². The Kier molecular flexibility index (Phi) is 5.82. The Morgan fingerprint density at radius 1 is 1.14 bits per heavy atom. The molecule has 0 radical (unpaired) electrons. The van der Waals surface area contributed by atoms with Crippen LogP contribution in [-0.2, 0) is 21.1 Å². The van der Waals surface area contributed by atoms with Gasteiger partial charge in [0.2, 0.25) is 0 Å². The Hall–Kier alpha value is -3.40. The molecule has 0 amide bonds. The molecule has 5 rings (SSSR count). The molecular formula is C26H23F3N2O4S. The first-order valence-electron chi connectivity index (χ1n) is 11.4. The van der Waals surface area contributed by atoms with Crippen LogP contribution in [0.5, 0.6) is 5.75 Å². The lowest BCUT2D eigenvalue weighted by Crippen LogP contribution is -2.44. The second kappa shape index (κ2) is 8.62. The minimum Gasteiger partial charge on any atom is -0.491 e. The van der Waals surface area contributed by atoms with Crippen molar-refractivity contribution in [2.24, 2.45) is 5.41 Å². The van der Waals surface area contributed by atoms with Gasteiger partial charge in [-0.15, -0.1) is 0 Å². The maximum atomic E-state index is 14.3. The van der Waals surface area contributed by atoms with Gasteiger partial charge in [-0.3, -0.25) is 4.79 Å². The van der Waals surface area contributed by atoms with Gasteiger partial charge in [0.25, 0.3) is 0 Å². The van der Waals surface area contributed by atoms with Crippen molar-refractivity contribution < 1.29 is 31.1 Å². The van der Waals surface area contributed by atoms with Gasteiger partial charge in [0.05, 0.1) is 40.2 Å². The zero-order valence-corrected chi connectivity index (χ0v) is 20.4. The quantitative estimate of drug-likeness (QED) is 0.485. The summed E-state index contributed by atoms with van der Waals surface area (Å²) in [5.74, 6) is -3.42. The molecule has 3 aromatic rings. The van der Waals surface area contributed by atoms with Crippen LogP contribution in [0.1, 0.15) is 37.4 Å². The van der Waals surface area contributed by atoms with Crippen LogP contribution in [0.15, 0.2) is 53.1 Å². The van der Waals surface area contributed by atoms with E-state index in [1.165, 1.54) is 19.1 Å². The SMILES string of the molecule is COc1c(F)cc(S(=O)(=O)C2CCC3=Cc4c(cnn4-c4ccc(F)cc4)C[C@]3(C(C)=O)C2)cc1F. The number of hydrogen-bond acceptors (Lipinski definition) is 5. The summed E-state index contributed by atoms with van der Waals surface area (Å²) in [7, 11) is -3.05. The highest BCUT2D eigenvalue weighted by Gasteiger charge is 2.50. The summed E-state index contributed by atoms with van der Waals surface area (Å²) < 4.78 is 75.2. The van der Waals surface area contributed by atoms with E-state index in [9.17, 15) is 26.4 Å². The van der Waals surface area contributed by atoms with E-state index in [4.69, 9.17) is 0 Å². The fraction of sp³-hybridized carbons (Fsp3) is 0.308. The van der Waals surface area contributed by atoms with Crippen LogP contribution in [-0.4, -0.2) is 36.3 Å². The summed E-state index contributed by atoms with van der Waals surface area (Å²) in [6.07, 6.45) is 4.25. The third-order valence-electron chi connectivity index (χ3n) is 7.30. The fourth-order valence-electron chi connectivity index (χ4n) is 5.38. The number of ether oxygens (including phenoxy) is 1. The molecule has 2 aliphatic carbocycles. The second-order valence-corrected chi connectivity index (χ2v) is 11.5. The van der Waals surface area contributed by atoms with E-state index in [1.54, 1.807) is 23.0 Å². The molecule has 0 spiro atoms. The van der Waals surface area contributed by atoms with Crippen molar-refractivity contribution >= 4 is 21.7 Å². The van der Waals surface area contributed by atoms with E-state index in [0.29, 0.717) is 12.1 Å². The molecule has 0 saturated heterocycles. The van der Waals surface area contributed by atoms with E-state index in [0.717, 1.165) is 36.1 Å². The average molecular weight is 517 g/mol. The molecule has 10 heteroatoms. The smallest absolute Gasteiger partial charge is 0.190 e. The number of aromatic nitrogens is 2. The molecular weight excluding hydrogens is 493 g/mol. The molecule has 36 heavy (non-hydrogen) atoms. The van der Waals surface area contributed by atoms with Gasteiger partial charge >= 0.3 is 0 Å². The standard InChI is InChI=1S/C26H23F3N2O4S/c1-15(32)26-12-16-14-30-31(19-6-4-18(27)5-7-19)24(16)9-17(26)3-8-20(13-26)36(33,34)21-10-22(28)25(35-2)23(29)11-21/h4-7,9-11,14,20H,3,8,12-13H2,1-2H3/t20?,26-/m1/s1. The molecule has 1 aromatic heterocycles. The number of ketones is 1. The zero-order chi connectivity index (χ0) is 25.8. The normalized spacial score (nSPS) is 21.4. The molecule has 1 saturated carbocycles. The van der Waals surface area contributed by atoms with E-state index in [-0.39, 0.29) is 30.9 Å². The lowest BCUT2D eigenvalue weighted by molar-refractivity contribution is -0.125. The summed E-state index contributed by atoms with van der Waals surface area (Å²) in [6.45, 7) is 1.44. The number of carbonyl (C=O) groups is 1. The Balaban J connectivity index is 1.52. The van der Waals surface area contributed by atoms with E-state index >= 15 is 0 Å². The third-order valence-corrected chi connectivity index (χ3v) is 9.48. The van der Waals surface area contributed by atoms with Crippen LogP contribution in [0.25, 0.3) is 11.8 Å². The summed E-state index contributed by atoms with van der Waals surface area (Å²) >= 11 is 0. The highest BCUT2D eigenvalue weighted by atomic mass is 32.2. The molecule has 6 nitrogen and oxygen atoms in total. The van der Waals surface area contributed by atoms with Crippen molar-refractivity contribution in [1.82, 2.24) is 9.78 Å². The number of carbonyl (C=O) groups excluding carboxylic acids is 1. The number of rotatable bonds is 5. The average Bonchev–Trinajstić information content (AvgIpc) is 3.24. The van der Waals surface area contributed by atoms with E-state index in [2.05, 4.69) is 9.84 Å². The first-order chi connectivity index (χ1) is 17.1. The van der Waals surface area contributed by atoms with E-state index in [1.807, 2.05) is 6.08 Å². The molecule has 1 unspecified atom stereocenters. The maximum Gasteiger partial charge on any atom is 0.190 e. The van der Waals surface area contributed by atoms with Gasteiger partial charge in [-0.05, 0) is 80.6 Å². The Labute approximate surface area is 206 Å². The Morgan fingerprint density at radius 2 is 1.81 bits per heavy atom. The fourth-order valence-corrected chi connectivity index (χ4v) is 7.23. The van der Waals surface area contributed by atoms with E-state index < -0.39 is 42.8 Å². The van der Waals surface area contributed by atoms with Gasteiger partial charge in [-0.25, -0.2) is 26.3 Å². The number of benzene rings is 2. The topological polar surface area (TPSA) is 78.3 Å². The van der Waals surface area contributed by atoms with Gasteiger partial charge in [-0.1, -0.05) is 5.57 Å². The molecule has 2 aliphatic rings. The molecule has 1 fully saturated rings. The number of nitrogens with zero attached hydrogens (tertiary/aromatic N) is 2. The minimum atomic E-state index is -4.14. The van der Waals surface area contributed by atoms with Crippen molar-refractivity contribution in [3.8, 4) is 11.4 Å². The van der Waals surface area contributed by atoms with Crippen molar-refractivity contribution in [3.05, 3.63) is 76.9 Å². The zero-order valence-electron chi connectivity index (χ0n) is 19.6. The lowest BCUT2D eigenvalue weighted by atomic mass is 9.62. The van der Waals surface area contributed by atoms with Gasteiger partial charge in [-0.2, -0.15) is 5.10 Å². The summed E-state index contributed by atoms with van der Waals surface area (Å²) in [4.78, 5) is 12.6. The van der Waals surface area contributed by atoms with Gasteiger partial charge in [0.15, 0.2) is 27.2 Å². The molecule has 0 N–H and O–H groups in total. The van der Waals surface area contributed by atoms with Crippen molar-refractivity contribution in [3.63, 3.8) is 0 Å². The second-order valence-electron chi connectivity index (χ2n) is 9.26. The van der Waals surface area contributed by atoms with Crippen molar-refractivity contribution in [2.45, 2.75) is 42.8 Å². The molecule has 0 aliphatic heterocycles. The number of hydrogen-bond donors (Lipinski definition) is 0. The predicted molar refractivity (Wildman–Crippen MR) is 126 cm³/mol.